The lowest BCUT2D eigenvalue weighted by molar-refractivity contribution is 0.973. The monoisotopic (exact) mass is 194 g/mol. The second kappa shape index (κ2) is 3.38. The van der Waals surface area contributed by atoms with Crippen LogP contribution in [0.2, 0.25) is 0 Å². The molecule has 0 fully saturated rings. The minimum Gasteiger partial charge on any atom is -0.304 e. The van der Waals surface area contributed by atoms with Gasteiger partial charge in [0.1, 0.15) is 5.65 Å². The van der Waals surface area contributed by atoms with Crippen LogP contribution in [0.25, 0.3) is 5.65 Å². The molecular weight excluding hydrogens is 184 g/mol. The standard InChI is InChI=1S/C10H11ClN2/c1-2-9-8(7-11)12-10-5-3-4-6-13(9)10/h3-6H,2,7H2,1H3. The molecule has 68 valence electrons. The average Bonchev–Trinajstić information content (AvgIpc) is 2.55. The molecule has 0 aliphatic carbocycles. The second-order valence-electron chi connectivity index (χ2n) is 2.92. The molecule has 2 aromatic heterocycles. The maximum absolute atomic E-state index is 5.81. The number of alkyl halides is 1. The van der Waals surface area contributed by atoms with Crippen molar-refractivity contribution in [3.8, 4) is 0 Å². The quantitative estimate of drug-likeness (QED) is 0.672. The first-order chi connectivity index (χ1) is 6.36. The number of rotatable bonds is 2. The maximum atomic E-state index is 5.81. The number of aromatic nitrogens is 2. The molecule has 0 N–H and O–H groups in total. The molecule has 0 spiro atoms. The van der Waals surface area contributed by atoms with Crippen LogP contribution in [0.1, 0.15) is 18.3 Å². The largest absolute Gasteiger partial charge is 0.304 e. The van der Waals surface area contributed by atoms with Crippen LogP contribution in [-0.4, -0.2) is 9.38 Å². The molecule has 0 saturated carbocycles. The Labute approximate surface area is 82.2 Å². The van der Waals surface area contributed by atoms with Gasteiger partial charge in [-0.15, -0.1) is 11.6 Å². The van der Waals surface area contributed by atoms with Crippen LogP contribution in [0.15, 0.2) is 24.4 Å². The summed E-state index contributed by atoms with van der Waals surface area (Å²) in [6.45, 7) is 2.12. The van der Waals surface area contributed by atoms with E-state index in [1.807, 2.05) is 24.4 Å². The van der Waals surface area contributed by atoms with Crippen molar-refractivity contribution in [3.05, 3.63) is 35.8 Å². The van der Waals surface area contributed by atoms with Gasteiger partial charge >= 0.3 is 0 Å². The van der Waals surface area contributed by atoms with E-state index in [4.69, 9.17) is 11.6 Å². The van der Waals surface area contributed by atoms with Crippen molar-refractivity contribution in [2.45, 2.75) is 19.2 Å². The summed E-state index contributed by atoms with van der Waals surface area (Å²) in [5.41, 5.74) is 3.19. The third kappa shape index (κ3) is 1.31. The van der Waals surface area contributed by atoms with Crippen molar-refractivity contribution in [1.29, 1.82) is 0 Å². The Morgan fingerprint density at radius 1 is 1.46 bits per heavy atom. The summed E-state index contributed by atoms with van der Waals surface area (Å²) in [4.78, 5) is 4.43. The highest BCUT2D eigenvalue weighted by Gasteiger charge is 2.07. The highest BCUT2D eigenvalue weighted by atomic mass is 35.5. The maximum Gasteiger partial charge on any atom is 0.137 e. The zero-order valence-electron chi connectivity index (χ0n) is 7.50. The van der Waals surface area contributed by atoms with Crippen molar-refractivity contribution >= 4 is 17.2 Å². The normalized spacial score (nSPS) is 10.9. The van der Waals surface area contributed by atoms with Crippen LogP contribution in [0.4, 0.5) is 0 Å². The minimum absolute atomic E-state index is 0.491. The molecule has 3 heteroatoms. The molecule has 0 aliphatic heterocycles. The molecule has 0 radical (unpaired) electrons. The third-order valence-corrected chi connectivity index (χ3v) is 2.43. The molecule has 2 heterocycles. The highest BCUT2D eigenvalue weighted by molar-refractivity contribution is 6.17. The van der Waals surface area contributed by atoms with Crippen LogP contribution in [0, 0.1) is 0 Å². The number of imidazole rings is 1. The number of aryl methyl sites for hydroxylation is 1. The number of halogens is 1. The molecule has 2 rings (SSSR count). The molecule has 0 aliphatic rings. The first-order valence-corrected chi connectivity index (χ1v) is 4.91. The van der Waals surface area contributed by atoms with Crippen molar-refractivity contribution < 1.29 is 0 Å². The van der Waals surface area contributed by atoms with Gasteiger partial charge in [-0.05, 0) is 18.6 Å². The van der Waals surface area contributed by atoms with Gasteiger partial charge in [0.2, 0.25) is 0 Å². The smallest absolute Gasteiger partial charge is 0.137 e. The van der Waals surface area contributed by atoms with Crippen molar-refractivity contribution in [1.82, 2.24) is 9.38 Å². The van der Waals surface area contributed by atoms with E-state index in [9.17, 15) is 0 Å². The van der Waals surface area contributed by atoms with Gasteiger partial charge in [-0.1, -0.05) is 13.0 Å². The molecule has 13 heavy (non-hydrogen) atoms. The summed E-state index contributed by atoms with van der Waals surface area (Å²) in [5.74, 6) is 0.491. The first kappa shape index (κ1) is 8.57. The van der Waals surface area contributed by atoms with Gasteiger partial charge in [0, 0.05) is 11.9 Å². The Bertz CT molecular complexity index is 420. The average molecular weight is 195 g/mol. The Kier molecular flexibility index (Phi) is 2.23. The van der Waals surface area contributed by atoms with Crippen molar-refractivity contribution in [2.24, 2.45) is 0 Å². The number of pyridine rings is 1. The van der Waals surface area contributed by atoms with Gasteiger partial charge in [0.25, 0.3) is 0 Å². The van der Waals surface area contributed by atoms with Gasteiger partial charge in [-0.25, -0.2) is 4.98 Å². The predicted octanol–water partition coefficient (Wildman–Crippen LogP) is 2.64. The fraction of sp³-hybridized carbons (Fsp3) is 0.300. The molecule has 2 aromatic rings. The summed E-state index contributed by atoms with van der Waals surface area (Å²) >= 11 is 5.81. The molecule has 0 aromatic carbocycles. The zero-order chi connectivity index (χ0) is 9.26. The predicted molar refractivity (Wildman–Crippen MR) is 54.1 cm³/mol. The number of fused-ring (bicyclic) bond motifs is 1. The van der Waals surface area contributed by atoms with E-state index in [-0.39, 0.29) is 0 Å². The second-order valence-corrected chi connectivity index (χ2v) is 3.19. The van der Waals surface area contributed by atoms with E-state index < -0.39 is 0 Å². The molecule has 0 bridgehead atoms. The Morgan fingerprint density at radius 2 is 2.31 bits per heavy atom. The molecule has 0 saturated heterocycles. The number of hydrogen-bond acceptors (Lipinski definition) is 1. The van der Waals surface area contributed by atoms with Gasteiger partial charge in [0.15, 0.2) is 0 Å². The van der Waals surface area contributed by atoms with E-state index >= 15 is 0 Å². The van der Waals surface area contributed by atoms with Crippen LogP contribution in [-0.2, 0) is 12.3 Å². The summed E-state index contributed by atoms with van der Waals surface area (Å²) in [6.07, 6.45) is 2.99. The summed E-state index contributed by atoms with van der Waals surface area (Å²) in [6, 6.07) is 5.99. The summed E-state index contributed by atoms with van der Waals surface area (Å²) in [7, 11) is 0. The SMILES string of the molecule is CCc1c(CCl)nc2ccccn12. The van der Waals surface area contributed by atoms with Crippen molar-refractivity contribution in [3.63, 3.8) is 0 Å². The van der Waals surface area contributed by atoms with Crippen LogP contribution in [0.3, 0.4) is 0 Å². The topological polar surface area (TPSA) is 17.3 Å². The van der Waals surface area contributed by atoms with E-state index in [2.05, 4.69) is 16.3 Å². The highest BCUT2D eigenvalue weighted by Crippen LogP contribution is 2.14. The Morgan fingerprint density at radius 3 is 3.00 bits per heavy atom. The minimum atomic E-state index is 0.491. The van der Waals surface area contributed by atoms with E-state index in [1.165, 1.54) is 5.69 Å². The fourth-order valence-corrected chi connectivity index (χ4v) is 1.79. The van der Waals surface area contributed by atoms with Gasteiger partial charge in [0.05, 0.1) is 11.6 Å². The lowest BCUT2D eigenvalue weighted by atomic mass is 10.3. The fourth-order valence-electron chi connectivity index (χ4n) is 1.58. The van der Waals surface area contributed by atoms with E-state index in [0.29, 0.717) is 5.88 Å². The third-order valence-electron chi connectivity index (χ3n) is 2.17. The van der Waals surface area contributed by atoms with Gasteiger partial charge in [-0.3, -0.25) is 0 Å². The Hall–Kier alpha value is -1.02. The molecule has 0 amide bonds. The van der Waals surface area contributed by atoms with Gasteiger partial charge < -0.3 is 4.40 Å². The summed E-state index contributed by atoms with van der Waals surface area (Å²) < 4.78 is 2.09. The van der Waals surface area contributed by atoms with E-state index in [1.54, 1.807) is 0 Å². The van der Waals surface area contributed by atoms with Crippen molar-refractivity contribution in [2.75, 3.05) is 0 Å². The number of nitrogens with zero attached hydrogens (tertiary/aromatic N) is 2. The Balaban J connectivity index is 2.73. The molecule has 0 unspecified atom stereocenters. The zero-order valence-corrected chi connectivity index (χ0v) is 8.25. The lowest BCUT2D eigenvalue weighted by Crippen LogP contribution is -1.92. The summed E-state index contributed by atoms with van der Waals surface area (Å²) in [5, 5.41) is 0. The van der Waals surface area contributed by atoms with E-state index in [0.717, 1.165) is 17.8 Å². The first-order valence-electron chi connectivity index (χ1n) is 4.37. The van der Waals surface area contributed by atoms with Crippen LogP contribution < -0.4 is 0 Å². The number of hydrogen-bond donors (Lipinski definition) is 0. The van der Waals surface area contributed by atoms with Crippen LogP contribution in [0.5, 0.6) is 0 Å². The van der Waals surface area contributed by atoms with Gasteiger partial charge in [-0.2, -0.15) is 0 Å². The van der Waals surface area contributed by atoms with Crippen LogP contribution >= 0.6 is 11.6 Å². The molecular formula is C10H11ClN2. The lowest BCUT2D eigenvalue weighted by Gasteiger charge is -1.97. The molecule has 0 atom stereocenters. The molecule has 2 nitrogen and oxygen atoms in total.